The SMILES string of the molecule is C=CCN(CC(=O)O)C(=O)C1(C)CCNC1. The number of rotatable bonds is 5. The Morgan fingerprint density at radius 3 is 2.75 bits per heavy atom. The first-order chi connectivity index (χ1) is 7.49. The van der Waals surface area contributed by atoms with Gasteiger partial charge in [0, 0.05) is 13.1 Å². The van der Waals surface area contributed by atoms with Gasteiger partial charge in [0.2, 0.25) is 5.91 Å². The Labute approximate surface area is 95.1 Å². The van der Waals surface area contributed by atoms with Gasteiger partial charge in [-0.1, -0.05) is 6.08 Å². The van der Waals surface area contributed by atoms with Crippen molar-refractivity contribution in [3.05, 3.63) is 12.7 Å². The number of hydrogen-bond acceptors (Lipinski definition) is 3. The first kappa shape index (κ1) is 12.7. The molecule has 90 valence electrons. The van der Waals surface area contributed by atoms with Crippen LogP contribution in [-0.4, -0.2) is 48.1 Å². The van der Waals surface area contributed by atoms with E-state index in [0.717, 1.165) is 13.0 Å². The second-order valence-corrected chi connectivity index (χ2v) is 4.36. The fourth-order valence-electron chi connectivity index (χ4n) is 1.92. The molecule has 1 heterocycles. The molecule has 0 saturated carbocycles. The Morgan fingerprint density at radius 1 is 1.62 bits per heavy atom. The molecular weight excluding hydrogens is 208 g/mol. The molecule has 1 aliphatic rings. The van der Waals surface area contributed by atoms with E-state index in [1.165, 1.54) is 4.90 Å². The van der Waals surface area contributed by atoms with Crippen LogP contribution in [-0.2, 0) is 9.59 Å². The zero-order chi connectivity index (χ0) is 12.2. The number of aliphatic carboxylic acids is 1. The van der Waals surface area contributed by atoms with E-state index in [1.54, 1.807) is 6.08 Å². The van der Waals surface area contributed by atoms with Crippen molar-refractivity contribution in [2.45, 2.75) is 13.3 Å². The zero-order valence-electron chi connectivity index (χ0n) is 9.53. The zero-order valence-corrected chi connectivity index (χ0v) is 9.53. The molecule has 0 radical (unpaired) electrons. The van der Waals surface area contributed by atoms with Gasteiger partial charge in [0.05, 0.1) is 5.41 Å². The number of amides is 1. The van der Waals surface area contributed by atoms with Gasteiger partial charge in [-0.3, -0.25) is 9.59 Å². The van der Waals surface area contributed by atoms with Gasteiger partial charge in [0.15, 0.2) is 0 Å². The molecule has 2 N–H and O–H groups in total. The predicted molar refractivity (Wildman–Crippen MR) is 60.0 cm³/mol. The number of carbonyl (C=O) groups excluding carboxylic acids is 1. The summed E-state index contributed by atoms with van der Waals surface area (Å²) in [4.78, 5) is 24.2. The second kappa shape index (κ2) is 5.12. The molecule has 0 aliphatic carbocycles. The summed E-state index contributed by atoms with van der Waals surface area (Å²) in [5.74, 6) is -1.11. The Kier molecular flexibility index (Phi) is 4.06. The summed E-state index contributed by atoms with van der Waals surface area (Å²) in [6.07, 6.45) is 2.30. The van der Waals surface area contributed by atoms with Crippen molar-refractivity contribution in [3.8, 4) is 0 Å². The quantitative estimate of drug-likeness (QED) is 0.652. The highest BCUT2D eigenvalue weighted by atomic mass is 16.4. The fraction of sp³-hybridized carbons (Fsp3) is 0.636. The average Bonchev–Trinajstić information content (AvgIpc) is 2.64. The highest BCUT2D eigenvalue weighted by Crippen LogP contribution is 2.27. The molecule has 5 heteroatoms. The van der Waals surface area contributed by atoms with E-state index in [2.05, 4.69) is 11.9 Å². The van der Waals surface area contributed by atoms with E-state index in [0.29, 0.717) is 6.54 Å². The Bertz CT molecular complexity index is 296. The van der Waals surface area contributed by atoms with E-state index in [1.807, 2.05) is 6.92 Å². The van der Waals surface area contributed by atoms with Crippen molar-refractivity contribution < 1.29 is 14.7 Å². The molecule has 1 atom stereocenters. The first-order valence-electron chi connectivity index (χ1n) is 5.32. The van der Waals surface area contributed by atoms with Crippen molar-refractivity contribution in [2.75, 3.05) is 26.2 Å². The van der Waals surface area contributed by atoms with Crippen LogP contribution >= 0.6 is 0 Å². The Morgan fingerprint density at radius 2 is 2.31 bits per heavy atom. The minimum atomic E-state index is -0.996. The van der Waals surface area contributed by atoms with Gasteiger partial charge in [-0.25, -0.2) is 0 Å². The Hall–Kier alpha value is -1.36. The Balaban J connectivity index is 2.72. The van der Waals surface area contributed by atoms with Crippen LogP contribution < -0.4 is 5.32 Å². The van der Waals surface area contributed by atoms with Gasteiger partial charge in [-0.05, 0) is 19.9 Å². The predicted octanol–water partition coefficient (Wildman–Crippen LogP) is 0.0852. The largest absolute Gasteiger partial charge is 0.480 e. The molecule has 5 nitrogen and oxygen atoms in total. The number of nitrogens with zero attached hydrogens (tertiary/aromatic N) is 1. The molecule has 1 unspecified atom stereocenters. The number of carboxylic acid groups (broad SMARTS) is 1. The normalized spacial score (nSPS) is 24.1. The topological polar surface area (TPSA) is 69.6 Å². The minimum absolute atomic E-state index is 0.111. The lowest BCUT2D eigenvalue weighted by Crippen LogP contribution is -2.45. The van der Waals surface area contributed by atoms with Gasteiger partial charge < -0.3 is 15.3 Å². The molecule has 1 fully saturated rings. The lowest BCUT2D eigenvalue weighted by Gasteiger charge is -2.29. The summed E-state index contributed by atoms with van der Waals surface area (Å²) >= 11 is 0. The lowest BCUT2D eigenvalue weighted by molar-refractivity contribution is -0.148. The van der Waals surface area contributed by atoms with Gasteiger partial charge >= 0.3 is 5.97 Å². The smallest absolute Gasteiger partial charge is 0.323 e. The monoisotopic (exact) mass is 226 g/mol. The van der Waals surface area contributed by atoms with E-state index < -0.39 is 11.4 Å². The average molecular weight is 226 g/mol. The molecule has 0 aromatic carbocycles. The molecule has 0 aromatic rings. The molecule has 0 bridgehead atoms. The highest BCUT2D eigenvalue weighted by molar-refractivity contribution is 5.86. The van der Waals surface area contributed by atoms with Crippen LogP contribution in [0.1, 0.15) is 13.3 Å². The van der Waals surface area contributed by atoms with Gasteiger partial charge in [0.1, 0.15) is 6.54 Å². The summed E-state index contributed by atoms with van der Waals surface area (Å²) in [5.41, 5.74) is -0.474. The molecule has 0 aromatic heterocycles. The summed E-state index contributed by atoms with van der Waals surface area (Å²) in [6, 6.07) is 0. The molecule has 1 rings (SSSR count). The van der Waals surface area contributed by atoms with E-state index in [4.69, 9.17) is 5.11 Å². The molecular formula is C11H18N2O3. The number of carbonyl (C=O) groups is 2. The minimum Gasteiger partial charge on any atom is -0.480 e. The summed E-state index contributed by atoms with van der Waals surface area (Å²) in [5, 5.41) is 11.9. The molecule has 16 heavy (non-hydrogen) atoms. The highest BCUT2D eigenvalue weighted by Gasteiger charge is 2.39. The van der Waals surface area contributed by atoms with Crippen molar-refractivity contribution in [1.29, 1.82) is 0 Å². The fourth-order valence-corrected chi connectivity index (χ4v) is 1.92. The van der Waals surface area contributed by atoms with Crippen molar-refractivity contribution in [1.82, 2.24) is 10.2 Å². The maximum Gasteiger partial charge on any atom is 0.323 e. The molecule has 0 spiro atoms. The van der Waals surface area contributed by atoms with Crippen LogP contribution in [0.4, 0.5) is 0 Å². The van der Waals surface area contributed by atoms with E-state index >= 15 is 0 Å². The molecule has 1 aliphatic heterocycles. The third kappa shape index (κ3) is 2.82. The number of hydrogen-bond donors (Lipinski definition) is 2. The first-order valence-corrected chi connectivity index (χ1v) is 5.32. The van der Waals surface area contributed by atoms with Crippen LogP contribution in [0.3, 0.4) is 0 Å². The van der Waals surface area contributed by atoms with Gasteiger partial charge in [-0.15, -0.1) is 6.58 Å². The summed E-state index contributed by atoms with van der Waals surface area (Å²) in [6.45, 7) is 6.83. The third-order valence-electron chi connectivity index (χ3n) is 2.85. The standard InChI is InChI=1S/C11H18N2O3/c1-3-6-13(7-9(14)15)10(16)11(2)4-5-12-8-11/h3,12H,1,4-8H2,2H3,(H,14,15). The van der Waals surface area contributed by atoms with E-state index in [-0.39, 0.29) is 19.0 Å². The molecule has 1 amide bonds. The second-order valence-electron chi connectivity index (χ2n) is 4.36. The maximum absolute atomic E-state index is 12.2. The van der Waals surface area contributed by atoms with Crippen LogP contribution in [0.25, 0.3) is 0 Å². The van der Waals surface area contributed by atoms with Gasteiger partial charge in [0.25, 0.3) is 0 Å². The summed E-state index contributed by atoms with van der Waals surface area (Å²) < 4.78 is 0. The summed E-state index contributed by atoms with van der Waals surface area (Å²) in [7, 11) is 0. The van der Waals surface area contributed by atoms with Crippen LogP contribution in [0.2, 0.25) is 0 Å². The number of carboxylic acids is 1. The van der Waals surface area contributed by atoms with Crippen LogP contribution in [0, 0.1) is 5.41 Å². The van der Waals surface area contributed by atoms with Crippen LogP contribution in [0.5, 0.6) is 0 Å². The van der Waals surface area contributed by atoms with Crippen molar-refractivity contribution >= 4 is 11.9 Å². The van der Waals surface area contributed by atoms with Gasteiger partial charge in [-0.2, -0.15) is 0 Å². The van der Waals surface area contributed by atoms with Crippen LogP contribution in [0.15, 0.2) is 12.7 Å². The van der Waals surface area contributed by atoms with E-state index in [9.17, 15) is 9.59 Å². The lowest BCUT2D eigenvalue weighted by atomic mass is 9.88. The van der Waals surface area contributed by atoms with Crippen molar-refractivity contribution in [2.24, 2.45) is 5.41 Å². The van der Waals surface area contributed by atoms with Crippen molar-refractivity contribution in [3.63, 3.8) is 0 Å². The number of nitrogens with one attached hydrogen (secondary N) is 1. The maximum atomic E-state index is 12.2. The molecule has 1 saturated heterocycles. The third-order valence-corrected chi connectivity index (χ3v) is 2.85.